The fraction of sp³-hybridized carbons (Fsp3) is 0.154. The maximum absolute atomic E-state index is 13.6. The summed E-state index contributed by atoms with van der Waals surface area (Å²) in [5.74, 6) is -0.0219. The SMILES string of the molecule is CCOc1cc2cccc(OC(=O)c3ccc(C(F)(F)F)cc3)c2c(=O)n1-c1ccc(OC)cc1. The number of aromatic nitrogens is 1. The normalized spacial score (nSPS) is 11.3. The van der Waals surface area contributed by atoms with E-state index < -0.39 is 23.3 Å². The van der Waals surface area contributed by atoms with Crippen LogP contribution in [0, 0.1) is 0 Å². The van der Waals surface area contributed by atoms with Gasteiger partial charge in [-0.05, 0) is 66.9 Å². The minimum absolute atomic E-state index is 0.0253. The monoisotopic (exact) mass is 483 g/mol. The van der Waals surface area contributed by atoms with E-state index in [0.29, 0.717) is 29.3 Å². The first-order chi connectivity index (χ1) is 16.7. The average Bonchev–Trinajstić information content (AvgIpc) is 2.84. The van der Waals surface area contributed by atoms with Crippen LogP contribution in [0.15, 0.2) is 77.6 Å². The van der Waals surface area contributed by atoms with Gasteiger partial charge in [-0.15, -0.1) is 0 Å². The highest BCUT2D eigenvalue weighted by atomic mass is 19.4. The predicted octanol–water partition coefficient (Wildman–Crippen LogP) is 5.64. The Morgan fingerprint density at radius 1 is 0.971 bits per heavy atom. The van der Waals surface area contributed by atoms with E-state index in [1.807, 2.05) is 0 Å². The summed E-state index contributed by atoms with van der Waals surface area (Å²) >= 11 is 0. The number of hydrogen-bond acceptors (Lipinski definition) is 5. The molecule has 0 saturated carbocycles. The lowest BCUT2D eigenvalue weighted by atomic mass is 10.1. The second-order valence-electron chi connectivity index (χ2n) is 7.44. The molecule has 9 heteroatoms. The van der Waals surface area contributed by atoms with Gasteiger partial charge in [0.25, 0.3) is 5.56 Å². The van der Waals surface area contributed by atoms with E-state index >= 15 is 0 Å². The zero-order valence-corrected chi connectivity index (χ0v) is 18.8. The third-order valence-electron chi connectivity index (χ3n) is 5.25. The van der Waals surface area contributed by atoms with Crippen LogP contribution in [0.4, 0.5) is 13.2 Å². The number of methoxy groups -OCH3 is 1. The van der Waals surface area contributed by atoms with Crippen molar-refractivity contribution in [1.29, 1.82) is 0 Å². The molecule has 0 N–H and O–H groups in total. The van der Waals surface area contributed by atoms with Gasteiger partial charge in [-0.3, -0.25) is 4.79 Å². The van der Waals surface area contributed by atoms with Gasteiger partial charge in [0.15, 0.2) is 0 Å². The lowest BCUT2D eigenvalue weighted by Gasteiger charge is -2.16. The molecular weight excluding hydrogens is 463 g/mol. The summed E-state index contributed by atoms with van der Waals surface area (Å²) in [6, 6.07) is 16.8. The molecule has 1 aromatic heterocycles. The third kappa shape index (κ3) is 4.84. The lowest BCUT2D eigenvalue weighted by Crippen LogP contribution is -2.22. The smallest absolute Gasteiger partial charge is 0.416 e. The summed E-state index contributed by atoms with van der Waals surface area (Å²) in [5.41, 5.74) is -0.960. The van der Waals surface area contributed by atoms with Crippen molar-refractivity contribution in [2.75, 3.05) is 13.7 Å². The van der Waals surface area contributed by atoms with Gasteiger partial charge in [0.05, 0.1) is 35.9 Å². The van der Waals surface area contributed by atoms with Gasteiger partial charge in [-0.1, -0.05) is 12.1 Å². The van der Waals surface area contributed by atoms with Crippen molar-refractivity contribution in [2.45, 2.75) is 13.1 Å². The Bertz CT molecular complexity index is 1430. The summed E-state index contributed by atoms with van der Waals surface area (Å²) in [6.45, 7) is 2.10. The third-order valence-corrected chi connectivity index (χ3v) is 5.25. The minimum atomic E-state index is -4.52. The van der Waals surface area contributed by atoms with Gasteiger partial charge in [0.1, 0.15) is 11.5 Å². The molecule has 0 unspecified atom stereocenters. The summed E-state index contributed by atoms with van der Waals surface area (Å²) in [4.78, 5) is 26.3. The van der Waals surface area contributed by atoms with Crippen LogP contribution in [0.2, 0.25) is 0 Å². The molecular formula is C26H20F3NO5. The van der Waals surface area contributed by atoms with Crippen LogP contribution in [0.1, 0.15) is 22.8 Å². The van der Waals surface area contributed by atoms with E-state index in [2.05, 4.69) is 0 Å². The number of rotatable bonds is 6. The van der Waals surface area contributed by atoms with Crippen molar-refractivity contribution in [3.63, 3.8) is 0 Å². The summed E-state index contributed by atoms with van der Waals surface area (Å²) in [5, 5.41) is 0.591. The summed E-state index contributed by atoms with van der Waals surface area (Å²) in [6.07, 6.45) is -4.52. The molecule has 6 nitrogen and oxygen atoms in total. The van der Waals surface area contributed by atoms with E-state index in [1.54, 1.807) is 49.4 Å². The predicted molar refractivity (Wildman–Crippen MR) is 124 cm³/mol. The van der Waals surface area contributed by atoms with E-state index in [9.17, 15) is 22.8 Å². The molecule has 4 aromatic rings. The molecule has 0 aliphatic carbocycles. The van der Waals surface area contributed by atoms with Gasteiger partial charge in [-0.2, -0.15) is 13.2 Å². The topological polar surface area (TPSA) is 66.8 Å². The van der Waals surface area contributed by atoms with Gasteiger partial charge in [0.2, 0.25) is 5.88 Å². The van der Waals surface area contributed by atoms with Crippen molar-refractivity contribution in [3.05, 3.63) is 94.3 Å². The van der Waals surface area contributed by atoms with E-state index in [4.69, 9.17) is 14.2 Å². The Balaban J connectivity index is 1.79. The van der Waals surface area contributed by atoms with Gasteiger partial charge in [-0.25, -0.2) is 9.36 Å². The Hall–Kier alpha value is -4.27. The second-order valence-corrected chi connectivity index (χ2v) is 7.44. The van der Waals surface area contributed by atoms with E-state index in [-0.39, 0.29) is 16.7 Å². The first-order valence-electron chi connectivity index (χ1n) is 10.6. The maximum atomic E-state index is 13.6. The van der Waals surface area contributed by atoms with Crippen LogP contribution >= 0.6 is 0 Å². The quantitative estimate of drug-likeness (QED) is 0.263. The molecule has 1 heterocycles. The average molecular weight is 483 g/mol. The number of esters is 1. The molecule has 0 saturated heterocycles. The molecule has 0 fully saturated rings. The Labute approximate surface area is 198 Å². The van der Waals surface area contributed by atoms with Crippen molar-refractivity contribution in [2.24, 2.45) is 0 Å². The number of halogens is 3. The molecule has 4 rings (SSSR count). The molecule has 0 radical (unpaired) electrons. The van der Waals surface area contributed by atoms with Crippen LogP contribution in [-0.4, -0.2) is 24.3 Å². The standard InChI is InChI=1S/C26H20F3NO5/c1-3-34-22-15-17-5-4-6-21(35-25(32)16-7-9-18(10-8-16)26(27,28)29)23(17)24(31)30(22)19-11-13-20(33-2)14-12-19/h4-15H,3H2,1-2H3. The minimum Gasteiger partial charge on any atom is -0.497 e. The molecule has 180 valence electrons. The van der Waals surface area contributed by atoms with Crippen LogP contribution in [-0.2, 0) is 6.18 Å². The van der Waals surface area contributed by atoms with Crippen LogP contribution < -0.4 is 19.8 Å². The number of carbonyl (C=O) groups is 1. The lowest BCUT2D eigenvalue weighted by molar-refractivity contribution is -0.137. The number of carbonyl (C=O) groups excluding carboxylic acids is 1. The molecule has 0 aliphatic heterocycles. The van der Waals surface area contributed by atoms with Gasteiger partial charge in [0, 0.05) is 6.07 Å². The molecule has 35 heavy (non-hydrogen) atoms. The molecule has 0 aliphatic rings. The molecule has 3 aromatic carbocycles. The zero-order valence-electron chi connectivity index (χ0n) is 18.8. The Morgan fingerprint density at radius 3 is 2.26 bits per heavy atom. The largest absolute Gasteiger partial charge is 0.497 e. The number of benzene rings is 3. The van der Waals surface area contributed by atoms with Crippen LogP contribution in [0.5, 0.6) is 17.4 Å². The van der Waals surface area contributed by atoms with Crippen molar-refractivity contribution in [1.82, 2.24) is 4.57 Å². The molecule has 0 atom stereocenters. The van der Waals surface area contributed by atoms with Gasteiger partial charge < -0.3 is 14.2 Å². The summed E-state index contributed by atoms with van der Waals surface area (Å²) < 4.78 is 56.1. The highest BCUT2D eigenvalue weighted by Crippen LogP contribution is 2.31. The first kappa shape index (κ1) is 23.9. The van der Waals surface area contributed by atoms with E-state index in [1.165, 1.54) is 17.7 Å². The number of ether oxygens (including phenoxy) is 3. The highest BCUT2D eigenvalue weighted by Gasteiger charge is 2.30. The number of pyridine rings is 1. The molecule has 0 spiro atoms. The zero-order chi connectivity index (χ0) is 25.2. The summed E-state index contributed by atoms with van der Waals surface area (Å²) in [7, 11) is 1.53. The van der Waals surface area contributed by atoms with Crippen molar-refractivity contribution >= 4 is 16.7 Å². The number of hydrogen-bond donors (Lipinski definition) is 0. The van der Waals surface area contributed by atoms with Crippen molar-refractivity contribution < 1.29 is 32.2 Å². The van der Waals surface area contributed by atoms with Crippen molar-refractivity contribution in [3.8, 4) is 23.1 Å². The fourth-order valence-electron chi connectivity index (χ4n) is 3.58. The van der Waals surface area contributed by atoms with E-state index in [0.717, 1.165) is 24.3 Å². The van der Waals surface area contributed by atoms with Crippen LogP contribution in [0.25, 0.3) is 16.5 Å². The Kier molecular flexibility index (Phi) is 6.50. The highest BCUT2D eigenvalue weighted by molar-refractivity contribution is 5.95. The number of alkyl halides is 3. The fourth-order valence-corrected chi connectivity index (χ4v) is 3.58. The van der Waals surface area contributed by atoms with Gasteiger partial charge >= 0.3 is 12.1 Å². The number of fused-ring (bicyclic) bond motifs is 1. The second kappa shape index (κ2) is 9.54. The first-order valence-corrected chi connectivity index (χ1v) is 10.6. The Morgan fingerprint density at radius 2 is 1.66 bits per heavy atom. The molecule has 0 amide bonds. The molecule has 0 bridgehead atoms. The van der Waals surface area contributed by atoms with Crippen LogP contribution in [0.3, 0.4) is 0 Å². The maximum Gasteiger partial charge on any atom is 0.416 e. The number of nitrogens with zero attached hydrogens (tertiary/aromatic N) is 1.